The maximum absolute atomic E-state index is 5.76. The molecule has 8 aliphatic rings. The SMILES string of the molecule is CC1=N[C@@]2(CCc3c(cccc3-c3ccsc3)C2)CO1.CC1=N[C@]2(CCc3c(cccc3-c3ccoc3)C2)CO1.CC1=N[C@]2(CCc3c(cccc3-c3ccsc3)C2)CO1.CCC1=NC2(CCc3c(cccc3-c3cncnc3)C2)CO1. The van der Waals surface area contributed by atoms with Crippen molar-refractivity contribution < 1.29 is 23.4 Å². The molecule has 1 unspecified atom stereocenters. The molecule has 4 aliphatic carbocycles. The van der Waals surface area contributed by atoms with Crippen LogP contribution in [-0.2, 0) is 70.3 Å². The number of thiophene rings is 2. The maximum Gasteiger partial charge on any atom is 0.183 e. The van der Waals surface area contributed by atoms with Crippen molar-refractivity contribution in [1.82, 2.24) is 9.97 Å². The molecule has 8 aromatic rings. The van der Waals surface area contributed by atoms with Crippen LogP contribution in [0.15, 0.2) is 168 Å². The molecular weight excluding hydrogens is 1060 g/mol. The topological polar surface area (TPSA) is 125 Å². The van der Waals surface area contributed by atoms with Gasteiger partial charge < -0.3 is 23.4 Å². The Kier molecular flexibility index (Phi) is 14.9. The van der Waals surface area contributed by atoms with Crippen LogP contribution in [0.2, 0.25) is 0 Å². The number of furan rings is 1. The molecule has 0 N–H and O–H groups in total. The van der Waals surface area contributed by atoms with Crippen LogP contribution in [0.1, 0.15) is 104 Å². The lowest BCUT2D eigenvalue weighted by atomic mass is 9.77. The molecule has 4 spiro atoms. The molecular formula is C69H70N6O5S2. The van der Waals surface area contributed by atoms with Crippen molar-refractivity contribution in [3.8, 4) is 44.5 Å². The highest BCUT2D eigenvalue weighted by molar-refractivity contribution is 7.08. The molecule has 0 amide bonds. The Hall–Kier alpha value is -7.48. The Morgan fingerprint density at radius 2 is 0.829 bits per heavy atom. The Morgan fingerprint density at radius 3 is 1.17 bits per heavy atom. The molecule has 13 heteroatoms. The van der Waals surface area contributed by atoms with E-state index in [0.717, 1.165) is 139 Å². The fourth-order valence-electron chi connectivity index (χ4n) is 13.9. The minimum Gasteiger partial charge on any atom is -0.479 e. The van der Waals surface area contributed by atoms with E-state index in [1.165, 1.54) is 83.5 Å². The quantitative estimate of drug-likeness (QED) is 0.168. The summed E-state index contributed by atoms with van der Waals surface area (Å²) in [5.74, 6) is 3.44. The summed E-state index contributed by atoms with van der Waals surface area (Å²) in [4.78, 5) is 27.4. The molecule has 4 atom stereocenters. The minimum atomic E-state index is -0.0375. The molecule has 0 saturated heterocycles. The number of ether oxygens (including phenoxy) is 4. The van der Waals surface area contributed by atoms with Crippen molar-refractivity contribution in [2.45, 2.75) is 133 Å². The Balaban J connectivity index is 0.000000103. The van der Waals surface area contributed by atoms with Gasteiger partial charge in [0.1, 0.15) is 54.9 Å². The summed E-state index contributed by atoms with van der Waals surface area (Å²) in [7, 11) is 0. The second kappa shape index (κ2) is 22.7. The van der Waals surface area contributed by atoms with E-state index in [9.17, 15) is 0 Å². The first-order valence-corrected chi connectivity index (χ1v) is 31.0. The van der Waals surface area contributed by atoms with Crippen LogP contribution in [-0.4, -0.2) is 82.1 Å². The normalized spacial score (nSPS) is 24.0. The van der Waals surface area contributed by atoms with Crippen LogP contribution >= 0.6 is 22.7 Å². The van der Waals surface area contributed by atoms with Crippen molar-refractivity contribution in [1.29, 1.82) is 0 Å². The molecule has 0 radical (unpaired) electrons. The van der Waals surface area contributed by atoms with E-state index < -0.39 is 0 Å². The monoisotopic (exact) mass is 1130 g/mol. The zero-order valence-corrected chi connectivity index (χ0v) is 49.1. The van der Waals surface area contributed by atoms with Crippen LogP contribution in [0.4, 0.5) is 0 Å². The molecule has 418 valence electrons. The van der Waals surface area contributed by atoms with Gasteiger partial charge in [0.05, 0.1) is 12.5 Å². The van der Waals surface area contributed by atoms with E-state index in [0.29, 0.717) is 0 Å². The van der Waals surface area contributed by atoms with Crippen LogP contribution in [0.5, 0.6) is 0 Å². The average molecular weight is 1130 g/mol. The summed E-state index contributed by atoms with van der Waals surface area (Å²) in [6, 6.07) is 32.9. The van der Waals surface area contributed by atoms with Crippen LogP contribution in [0.3, 0.4) is 0 Å². The van der Waals surface area contributed by atoms with Gasteiger partial charge in [-0.1, -0.05) is 79.7 Å². The molecule has 4 aromatic carbocycles. The molecule has 4 aromatic heterocycles. The number of hydrogen-bond donors (Lipinski definition) is 0. The molecule has 11 nitrogen and oxygen atoms in total. The summed E-state index contributed by atoms with van der Waals surface area (Å²) in [5.41, 5.74) is 21.8. The Bertz CT molecular complexity index is 3440. The van der Waals surface area contributed by atoms with E-state index in [1.54, 1.807) is 35.3 Å². The van der Waals surface area contributed by atoms with Gasteiger partial charge in [0.25, 0.3) is 0 Å². The molecule has 0 saturated carbocycles. The number of aliphatic imine (C=N–C) groups is 4. The maximum atomic E-state index is 5.76. The first-order valence-electron chi connectivity index (χ1n) is 29.1. The van der Waals surface area contributed by atoms with E-state index in [4.69, 9.17) is 43.3 Å². The van der Waals surface area contributed by atoms with Crippen LogP contribution in [0, 0.1) is 0 Å². The fourth-order valence-corrected chi connectivity index (χ4v) is 15.2. The van der Waals surface area contributed by atoms with Crippen molar-refractivity contribution in [3.63, 3.8) is 0 Å². The summed E-state index contributed by atoms with van der Waals surface area (Å²) < 4.78 is 27.8. The van der Waals surface area contributed by atoms with Crippen molar-refractivity contribution >= 4 is 46.3 Å². The molecule has 16 rings (SSSR count). The summed E-state index contributed by atoms with van der Waals surface area (Å²) >= 11 is 3.52. The summed E-state index contributed by atoms with van der Waals surface area (Å²) in [6.07, 6.45) is 22.3. The lowest BCUT2D eigenvalue weighted by molar-refractivity contribution is 0.234. The third kappa shape index (κ3) is 11.0. The highest BCUT2D eigenvalue weighted by Gasteiger charge is 2.43. The first kappa shape index (κ1) is 53.8. The van der Waals surface area contributed by atoms with Crippen molar-refractivity contribution in [2.24, 2.45) is 20.0 Å². The second-order valence-corrected chi connectivity index (χ2v) is 25.0. The number of benzene rings is 4. The van der Waals surface area contributed by atoms with Gasteiger partial charge in [0.15, 0.2) is 23.6 Å². The van der Waals surface area contributed by atoms with E-state index in [2.05, 4.69) is 123 Å². The van der Waals surface area contributed by atoms with E-state index in [-0.39, 0.29) is 22.2 Å². The first-order chi connectivity index (χ1) is 40.1. The number of hydrogen-bond acceptors (Lipinski definition) is 13. The van der Waals surface area contributed by atoms with Crippen LogP contribution < -0.4 is 0 Å². The van der Waals surface area contributed by atoms with Crippen molar-refractivity contribution in [3.05, 3.63) is 188 Å². The lowest BCUT2D eigenvalue weighted by Crippen LogP contribution is -2.35. The van der Waals surface area contributed by atoms with Gasteiger partial charge in [0, 0.05) is 76.4 Å². The minimum absolute atomic E-state index is 0.00432. The Morgan fingerprint density at radius 1 is 0.439 bits per heavy atom. The van der Waals surface area contributed by atoms with Gasteiger partial charge in [-0.3, -0.25) is 0 Å². The van der Waals surface area contributed by atoms with E-state index >= 15 is 0 Å². The number of rotatable bonds is 5. The molecule has 8 heterocycles. The number of fused-ring (bicyclic) bond motifs is 4. The zero-order valence-electron chi connectivity index (χ0n) is 47.4. The van der Waals surface area contributed by atoms with Gasteiger partial charge >= 0.3 is 0 Å². The second-order valence-electron chi connectivity index (χ2n) is 23.4. The molecule has 4 aliphatic heterocycles. The predicted octanol–water partition coefficient (Wildman–Crippen LogP) is 15.0. The molecule has 0 fully saturated rings. The number of nitrogens with zero attached hydrogens (tertiary/aromatic N) is 6. The van der Waals surface area contributed by atoms with Crippen molar-refractivity contribution in [2.75, 3.05) is 26.4 Å². The third-order valence-electron chi connectivity index (χ3n) is 17.9. The average Bonchev–Trinajstić information content (AvgIpc) is 4.45. The van der Waals surface area contributed by atoms with Gasteiger partial charge in [-0.25, -0.2) is 29.9 Å². The Labute approximate surface area is 489 Å². The van der Waals surface area contributed by atoms with Gasteiger partial charge in [0.2, 0.25) is 0 Å². The zero-order chi connectivity index (χ0) is 55.7. The van der Waals surface area contributed by atoms with E-state index in [1.807, 2.05) is 45.5 Å². The van der Waals surface area contributed by atoms with Gasteiger partial charge in [-0.2, -0.15) is 22.7 Å². The highest BCUT2D eigenvalue weighted by atomic mass is 32.1. The summed E-state index contributed by atoms with van der Waals surface area (Å²) in [6.45, 7) is 10.9. The largest absolute Gasteiger partial charge is 0.479 e. The lowest BCUT2D eigenvalue weighted by Gasteiger charge is -2.31. The molecule has 0 bridgehead atoms. The number of aromatic nitrogens is 2. The van der Waals surface area contributed by atoms with Crippen LogP contribution in [0.25, 0.3) is 44.5 Å². The van der Waals surface area contributed by atoms with Gasteiger partial charge in [-0.05, 0) is 169 Å². The summed E-state index contributed by atoms with van der Waals surface area (Å²) in [5, 5.41) is 8.77. The fraction of sp³-hybridized carbons (Fsp3) is 0.362. The third-order valence-corrected chi connectivity index (χ3v) is 19.3. The highest BCUT2D eigenvalue weighted by Crippen LogP contribution is 2.44. The van der Waals surface area contributed by atoms with Gasteiger partial charge in [-0.15, -0.1) is 0 Å². The predicted molar refractivity (Wildman–Crippen MR) is 331 cm³/mol. The molecule has 82 heavy (non-hydrogen) atoms. The smallest absolute Gasteiger partial charge is 0.183 e. The standard InChI is InChI=1S/C18H19N3O.C17H17NO2.2C17H17NOS/c1-2-17-21-18(11-22-17)7-6-16-13(8-18)4-3-5-15(16)14-9-19-12-20-10-14;1-12-18-17(11-20-12)7-5-16-13(9-17)3-2-4-15(16)14-6-8-19-10-14;2*1-12-18-17(11-19-12)7-5-16-13(9-17)3-2-4-15(16)14-6-8-20-10-14/h3-5,9-10,12H,2,6-8,11H2,1H3;3*2-4,6,8,10H,5,7,9,11H2,1H3/t;3*17-/m.010/s1.